The molecule has 2 amide bonds. The van der Waals surface area contributed by atoms with Crippen LogP contribution in [0.2, 0.25) is 0 Å². The second-order valence-electron chi connectivity index (χ2n) is 6.43. The molecular formula is C21H28ClN3O2. The van der Waals surface area contributed by atoms with E-state index in [2.05, 4.69) is 10.6 Å². The second kappa shape index (κ2) is 11.4. The van der Waals surface area contributed by atoms with E-state index in [9.17, 15) is 9.59 Å². The number of nitrogens with one attached hydrogen (secondary N) is 2. The lowest BCUT2D eigenvalue weighted by Crippen LogP contribution is -2.37. The van der Waals surface area contributed by atoms with Crippen molar-refractivity contribution in [2.45, 2.75) is 19.4 Å². The molecular weight excluding hydrogens is 362 g/mol. The number of halogens is 1. The Morgan fingerprint density at radius 1 is 1.04 bits per heavy atom. The maximum Gasteiger partial charge on any atom is 0.251 e. The Hall–Kier alpha value is -2.37. The van der Waals surface area contributed by atoms with E-state index in [1.807, 2.05) is 56.4 Å². The molecule has 146 valence electrons. The molecule has 0 fully saturated rings. The SMILES string of the molecule is CNCCN(C)C(=O)CC(NC(=O)c1ccc(C)cc1)c1ccccc1.Cl. The molecule has 0 saturated heterocycles. The maximum absolute atomic E-state index is 12.6. The quantitative estimate of drug-likeness (QED) is 0.729. The number of hydrogen-bond acceptors (Lipinski definition) is 3. The van der Waals surface area contributed by atoms with Crippen LogP contribution in [0.1, 0.15) is 33.9 Å². The lowest BCUT2D eigenvalue weighted by atomic mass is 10.0. The number of amides is 2. The van der Waals surface area contributed by atoms with Gasteiger partial charge < -0.3 is 15.5 Å². The van der Waals surface area contributed by atoms with Gasteiger partial charge in [-0.15, -0.1) is 12.4 Å². The fraction of sp³-hybridized carbons (Fsp3) is 0.333. The Labute approximate surface area is 167 Å². The molecule has 6 heteroatoms. The lowest BCUT2D eigenvalue weighted by Gasteiger charge is -2.23. The van der Waals surface area contributed by atoms with E-state index in [1.54, 1.807) is 24.1 Å². The molecule has 27 heavy (non-hydrogen) atoms. The van der Waals surface area contributed by atoms with Crippen LogP contribution in [0.15, 0.2) is 54.6 Å². The summed E-state index contributed by atoms with van der Waals surface area (Å²) in [6.07, 6.45) is 0.224. The first-order valence-electron chi connectivity index (χ1n) is 8.82. The van der Waals surface area contributed by atoms with Gasteiger partial charge in [0.1, 0.15) is 0 Å². The van der Waals surface area contributed by atoms with Crippen LogP contribution in [0.4, 0.5) is 0 Å². The first-order valence-corrected chi connectivity index (χ1v) is 8.82. The summed E-state index contributed by atoms with van der Waals surface area (Å²) in [5, 5.41) is 6.04. The van der Waals surface area contributed by atoms with Crippen molar-refractivity contribution < 1.29 is 9.59 Å². The third kappa shape index (κ3) is 7.04. The lowest BCUT2D eigenvalue weighted by molar-refractivity contribution is -0.130. The molecule has 0 bridgehead atoms. The van der Waals surface area contributed by atoms with Gasteiger partial charge in [0.25, 0.3) is 5.91 Å². The molecule has 0 spiro atoms. The molecule has 2 N–H and O–H groups in total. The Kier molecular flexibility index (Phi) is 9.54. The first kappa shape index (κ1) is 22.7. The summed E-state index contributed by atoms with van der Waals surface area (Å²) in [6, 6.07) is 16.7. The second-order valence-corrected chi connectivity index (χ2v) is 6.43. The Morgan fingerprint density at radius 3 is 2.26 bits per heavy atom. The molecule has 0 aliphatic heterocycles. The van der Waals surface area contributed by atoms with Gasteiger partial charge in [-0.25, -0.2) is 0 Å². The minimum atomic E-state index is -0.366. The van der Waals surface area contributed by atoms with Gasteiger partial charge in [-0.1, -0.05) is 48.0 Å². The van der Waals surface area contributed by atoms with Crippen molar-refractivity contribution in [1.82, 2.24) is 15.5 Å². The van der Waals surface area contributed by atoms with Crippen LogP contribution < -0.4 is 10.6 Å². The van der Waals surface area contributed by atoms with Crippen LogP contribution in [0.25, 0.3) is 0 Å². The molecule has 2 aromatic rings. The minimum Gasteiger partial charge on any atom is -0.345 e. The molecule has 0 aliphatic carbocycles. The van der Waals surface area contributed by atoms with E-state index in [0.717, 1.165) is 17.7 Å². The van der Waals surface area contributed by atoms with Crippen molar-refractivity contribution >= 4 is 24.2 Å². The van der Waals surface area contributed by atoms with Gasteiger partial charge in [-0.05, 0) is 31.7 Å². The Balaban J connectivity index is 0.00000364. The maximum atomic E-state index is 12.6. The Bertz CT molecular complexity index is 720. The van der Waals surface area contributed by atoms with Crippen molar-refractivity contribution in [3.63, 3.8) is 0 Å². The molecule has 5 nitrogen and oxygen atoms in total. The van der Waals surface area contributed by atoms with Crippen molar-refractivity contribution in [3.05, 3.63) is 71.3 Å². The number of rotatable bonds is 8. The zero-order valence-corrected chi connectivity index (χ0v) is 16.9. The highest BCUT2D eigenvalue weighted by Crippen LogP contribution is 2.18. The minimum absolute atomic E-state index is 0. The molecule has 2 aromatic carbocycles. The number of carbonyl (C=O) groups excluding carboxylic acids is 2. The van der Waals surface area contributed by atoms with Crippen molar-refractivity contribution in [1.29, 1.82) is 0 Å². The number of aryl methyl sites for hydroxylation is 1. The predicted octanol–water partition coefficient (Wildman–Crippen LogP) is 2.96. The van der Waals surface area contributed by atoms with Crippen molar-refractivity contribution in [2.75, 3.05) is 27.2 Å². The fourth-order valence-corrected chi connectivity index (χ4v) is 2.62. The average Bonchev–Trinajstić information content (AvgIpc) is 2.66. The average molecular weight is 390 g/mol. The molecule has 0 heterocycles. The largest absolute Gasteiger partial charge is 0.345 e. The highest BCUT2D eigenvalue weighted by Gasteiger charge is 2.21. The smallest absolute Gasteiger partial charge is 0.251 e. The standard InChI is InChI=1S/C21H27N3O2.ClH/c1-16-9-11-18(12-10-16)21(26)23-19(17-7-5-4-6-8-17)15-20(25)24(3)14-13-22-2;/h4-12,19,22H,13-15H2,1-3H3,(H,23,26);1H. The summed E-state index contributed by atoms with van der Waals surface area (Å²) in [6.45, 7) is 3.34. The summed E-state index contributed by atoms with van der Waals surface area (Å²) in [5.74, 6) is -0.178. The highest BCUT2D eigenvalue weighted by atomic mass is 35.5. The summed E-state index contributed by atoms with van der Waals surface area (Å²) in [7, 11) is 3.64. The fourth-order valence-electron chi connectivity index (χ4n) is 2.62. The number of likely N-dealkylation sites (N-methyl/N-ethyl adjacent to an activating group) is 2. The van der Waals surface area contributed by atoms with Gasteiger partial charge in [-0.3, -0.25) is 9.59 Å². The van der Waals surface area contributed by atoms with Gasteiger partial charge in [0.2, 0.25) is 5.91 Å². The van der Waals surface area contributed by atoms with E-state index in [4.69, 9.17) is 0 Å². The molecule has 0 radical (unpaired) electrons. The number of nitrogens with zero attached hydrogens (tertiary/aromatic N) is 1. The Morgan fingerprint density at radius 2 is 1.67 bits per heavy atom. The van der Waals surface area contributed by atoms with E-state index in [0.29, 0.717) is 12.1 Å². The van der Waals surface area contributed by atoms with Gasteiger partial charge in [0.05, 0.1) is 12.5 Å². The summed E-state index contributed by atoms with van der Waals surface area (Å²) in [4.78, 5) is 26.8. The van der Waals surface area contributed by atoms with Gasteiger partial charge >= 0.3 is 0 Å². The third-order valence-electron chi connectivity index (χ3n) is 4.32. The van der Waals surface area contributed by atoms with E-state index in [1.165, 1.54) is 0 Å². The van der Waals surface area contributed by atoms with Crippen LogP contribution in [0.3, 0.4) is 0 Å². The van der Waals surface area contributed by atoms with Crippen LogP contribution in [0, 0.1) is 6.92 Å². The zero-order chi connectivity index (χ0) is 18.9. The number of hydrogen-bond donors (Lipinski definition) is 2. The number of benzene rings is 2. The first-order chi connectivity index (χ1) is 12.5. The van der Waals surface area contributed by atoms with Crippen LogP contribution in [0.5, 0.6) is 0 Å². The van der Waals surface area contributed by atoms with Gasteiger partial charge in [0, 0.05) is 25.7 Å². The van der Waals surface area contributed by atoms with Crippen molar-refractivity contribution in [2.24, 2.45) is 0 Å². The summed E-state index contributed by atoms with van der Waals surface area (Å²) in [5.41, 5.74) is 2.61. The van der Waals surface area contributed by atoms with Gasteiger partial charge in [0.15, 0.2) is 0 Å². The molecule has 0 saturated carbocycles. The number of carbonyl (C=O) groups is 2. The summed E-state index contributed by atoms with van der Waals surface area (Å²) < 4.78 is 0. The van der Waals surface area contributed by atoms with E-state index in [-0.39, 0.29) is 36.7 Å². The molecule has 1 atom stereocenters. The molecule has 2 rings (SSSR count). The zero-order valence-electron chi connectivity index (χ0n) is 16.1. The molecule has 0 aliphatic rings. The van der Waals surface area contributed by atoms with E-state index < -0.39 is 0 Å². The summed E-state index contributed by atoms with van der Waals surface area (Å²) >= 11 is 0. The van der Waals surface area contributed by atoms with Crippen LogP contribution in [-0.4, -0.2) is 43.9 Å². The predicted molar refractivity (Wildman–Crippen MR) is 111 cm³/mol. The van der Waals surface area contributed by atoms with Crippen molar-refractivity contribution in [3.8, 4) is 0 Å². The van der Waals surface area contributed by atoms with Crippen LogP contribution in [-0.2, 0) is 4.79 Å². The topological polar surface area (TPSA) is 61.4 Å². The molecule has 1 unspecified atom stereocenters. The molecule has 0 aromatic heterocycles. The highest BCUT2D eigenvalue weighted by molar-refractivity contribution is 5.94. The third-order valence-corrected chi connectivity index (χ3v) is 4.32. The van der Waals surface area contributed by atoms with Gasteiger partial charge in [-0.2, -0.15) is 0 Å². The van der Waals surface area contributed by atoms with Crippen LogP contribution >= 0.6 is 12.4 Å². The monoisotopic (exact) mass is 389 g/mol. The van der Waals surface area contributed by atoms with E-state index >= 15 is 0 Å². The normalized spacial score (nSPS) is 11.2.